The van der Waals surface area contributed by atoms with Crippen LogP contribution in [0.5, 0.6) is 0 Å². The van der Waals surface area contributed by atoms with Gasteiger partial charge in [0, 0.05) is 37.6 Å². The lowest BCUT2D eigenvalue weighted by molar-refractivity contribution is 0.579. The predicted molar refractivity (Wildman–Crippen MR) is 65.3 cm³/mol. The first kappa shape index (κ1) is 10.5. The Labute approximate surface area is 99.7 Å². The summed E-state index contributed by atoms with van der Waals surface area (Å²) in [5, 5.41) is 7.84. The van der Waals surface area contributed by atoms with Gasteiger partial charge in [0.05, 0.1) is 0 Å². The molecule has 1 fully saturated rings. The lowest BCUT2D eigenvalue weighted by atomic mass is 10.4. The first-order chi connectivity index (χ1) is 8.24. The van der Waals surface area contributed by atoms with Gasteiger partial charge in [0.25, 0.3) is 5.78 Å². The quantitative estimate of drug-likeness (QED) is 0.758. The molecule has 0 radical (unpaired) electrons. The van der Waals surface area contributed by atoms with Crippen molar-refractivity contribution in [1.82, 2.24) is 24.9 Å². The number of hydrogen-bond acceptors (Lipinski definition) is 5. The van der Waals surface area contributed by atoms with Gasteiger partial charge < -0.3 is 10.2 Å². The van der Waals surface area contributed by atoms with Crippen LogP contribution < -0.4 is 10.2 Å². The number of rotatable bonds is 1. The highest BCUT2D eigenvalue weighted by atomic mass is 15.4. The molecule has 17 heavy (non-hydrogen) atoms. The van der Waals surface area contributed by atoms with Crippen LogP contribution in [0.3, 0.4) is 0 Å². The summed E-state index contributed by atoms with van der Waals surface area (Å²) in [5.74, 6) is 1.48. The van der Waals surface area contributed by atoms with Crippen LogP contribution in [0.25, 0.3) is 5.78 Å². The minimum absolute atomic E-state index is 0.691. The summed E-state index contributed by atoms with van der Waals surface area (Å²) in [6, 6.07) is 2.02. The van der Waals surface area contributed by atoms with Crippen molar-refractivity contribution in [3.63, 3.8) is 0 Å². The molecule has 0 saturated carbocycles. The fourth-order valence-electron chi connectivity index (χ4n) is 2.15. The zero-order valence-corrected chi connectivity index (χ0v) is 10.1. The van der Waals surface area contributed by atoms with E-state index >= 15 is 0 Å². The molecule has 1 N–H and O–H groups in total. The molecule has 0 bridgehead atoms. The van der Waals surface area contributed by atoms with E-state index in [4.69, 9.17) is 0 Å². The summed E-state index contributed by atoms with van der Waals surface area (Å²) in [5.41, 5.74) is 2.05. The molecule has 90 valence electrons. The molecule has 0 aromatic carbocycles. The summed E-state index contributed by atoms with van der Waals surface area (Å²) in [4.78, 5) is 11.1. The third-order valence-electron chi connectivity index (χ3n) is 3.01. The lowest BCUT2D eigenvalue weighted by Gasteiger charge is -2.25. The first-order valence-electron chi connectivity index (χ1n) is 5.91. The molecule has 1 saturated heterocycles. The largest absolute Gasteiger partial charge is 0.337 e. The van der Waals surface area contributed by atoms with E-state index in [0.29, 0.717) is 5.78 Å². The highest BCUT2D eigenvalue weighted by molar-refractivity contribution is 5.41. The van der Waals surface area contributed by atoms with Crippen LogP contribution >= 0.6 is 0 Å². The zero-order chi connectivity index (χ0) is 11.8. The van der Waals surface area contributed by atoms with E-state index in [1.807, 2.05) is 24.4 Å². The van der Waals surface area contributed by atoms with Crippen molar-refractivity contribution in [3.05, 3.63) is 17.5 Å². The summed E-state index contributed by atoms with van der Waals surface area (Å²) in [6.45, 7) is 7.88. The van der Waals surface area contributed by atoms with Gasteiger partial charge in [-0.1, -0.05) is 0 Å². The number of aromatic nitrogens is 4. The molecule has 3 heterocycles. The summed E-state index contributed by atoms with van der Waals surface area (Å²) >= 11 is 0. The first-order valence-corrected chi connectivity index (χ1v) is 5.91. The molecule has 6 nitrogen and oxygen atoms in total. The minimum atomic E-state index is 0.691. The maximum absolute atomic E-state index is 4.52. The van der Waals surface area contributed by atoms with E-state index < -0.39 is 0 Å². The van der Waals surface area contributed by atoms with Crippen LogP contribution in [0.1, 0.15) is 11.4 Å². The standard InChI is InChI=1S/C11H16N6/c1-8-7-9(2)17-10(13-8)14-11(15-17)16-5-3-12-4-6-16/h7,12H,3-6H2,1-2H3. The topological polar surface area (TPSA) is 58.4 Å². The van der Waals surface area contributed by atoms with Crippen molar-refractivity contribution in [2.24, 2.45) is 0 Å². The van der Waals surface area contributed by atoms with Crippen molar-refractivity contribution in [2.45, 2.75) is 13.8 Å². The SMILES string of the molecule is Cc1cc(C)n2nc(N3CCNCC3)nc2n1. The highest BCUT2D eigenvalue weighted by Gasteiger charge is 2.16. The van der Waals surface area contributed by atoms with Gasteiger partial charge in [-0.05, 0) is 19.9 Å². The van der Waals surface area contributed by atoms with Crippen molar-refractivity contribution in [2.75, 3.05) is 31.1 Å². The van der Waals surface area contributed by atoms with Crippen molar-refractivity contribution >= 4 is 11.7 Å². The predicted octanol–water partition coefficient (Wildman–Crippen LogP) is 0.151. The third kappa shape index (κ3) is 1.84. The normalized spacial score (nSPS) is 16.7. The van der Waals surface area contributed by atoms with Gasteiger partial charge >= 0.3 is 0 Å². The number of nitrogens with zero attached hydrogens (tertiary/aromatic N) is 5. The van der Waals surface area contributed by atoms with Gasteiger partial charge in [-0.2, -0.15) is 9.50 Å². The van der Waals surface area contributed by atoms with E-state index in [1.165, 1.54) is 0 Å². The minimum Gasteiger partial charge on any atom is -0.337 e. The second-order valence-corrected chi connectivity index (χ2v) is 4.40. The van der Waals surface area contributed by atoms with E-state index in [9.17, 15) is 0 Å². The fourth-order valence-corrected chi connectivity index (χ4v) is 2.15. The number of anilines is 1. The molecular formula is C11H16N6. The van der Waals surface area contributed by atoms with Gasteiger partial charge in [0.15, 0.2) is 0 Å². The maximum atomic E-state index is 4.52. The van der Waals surface area contributed by atoms with Gasteiger partial charge in [-0.15, -0.1) is 5.10 Å². The Bertz CT molecular complexity index is 540. The fraction of sp³-hybridized carbons (Fsp3) is 0.545. The maximum Gasteiger partial charge on any atom is 0.254 e. The van der Waals surface area contributed by atoms with E-state index in [1.54, 1.807) is 0 Å². The van der Waals surface area contributed by atoms with E-state index in [2.05, 4.69) is 25.3 Å². The lowest BCUT2D eigenvalue weighted by Crippen LogP contribution is -2.44. The van der Waals surface area contributed by atoms with Gasteiger partial charge in [0.1, 0.15) is 0 Å². The third-order valence-corrected chi connectivity index (χ3v) is 3.01. The number of nitrogens with one attached hydrogen (secondary N) is 1. The Morgan fingerprint density at radius 1 is 1.18 bits per heavy atom. The van der Waals surface area contributed by atoms with E-state index in [-0.39, 0.29) is 0 Å². The Kier molecular flexibility index (Phi) is 2.44. The van der Waals surface area contributed by atoms with Crippen LogP contribution in [0.4, 0.5) is 5.95 Å². The second-order valence-electron chi connectivity index (χ2n) is 4.40. The van der Waals surface area contributed by atoms with Gasteiger partial charge in [-0.3, -0.25) is 0 Å². The number of fused-ring (bicyclic) bond motifs is 1. The molecule has 3 rings (SSSR count). The monoisotopic (exact) mass is 232 g/mol. The summed E-state index contributed by atoms with van der Waals surface area (Å²) in [7, 11) is 0. The Hall–Kier alpha value is -1.69. The molecule has 6 heteroatoms. The number of aryl methyl sites for hydroxylation is 2. The smallest absolute Gasteiger partial charge is 0.254 e. The molecule has 0 aliphatic carbocycles. The Morgan fingerprint density at radius 3 is 2.71 bits per heavy atom. The van der Waals surface area contributed by atoms with Gasteiger partial charge in [-0.25, -0.2) is 4.98 Å². The highest BCUT2D eigenvalue weighted by Crippen LogP contribution is 2.12. The number of piperazine rings is 1. The van der Waals surface area contributed by atoms with Crippen LogP contribution in [-0.2, 0) is 0 Å². The molecule has 1 aliphatic heterocycles. The molecule has 2 aromatic heterocycles. The molecule has 1 aliphatic rings. The van der Waals surface area contributed by atoms with Crippen molar-refractivity contribution < 1.29 is 0 Å². The average Bonchev–Trinajstić information content (AvgIpc) is 2.74. The van der Waals surface area contributed by atoms with Crippen molar-refractivity contribution in [1.29, 1.82) is 0 Å². The van der Waals surface area contributed by atoms with Crippen LogP contribution in [0, 0.1) is 13.8 Å². The molecule has 0 unspecified atom stereocenters. The van der Waals surface area contributed by atoms with E-state index in [0.717, 1.165) is 43.5 Å². The summed E-state index contributed by atoms with van der Waals surface area (Å²) < 4.78 is 1.81. The average molecular weight is 232 g/mol. The molecular weight excluding hydrogens is 216 g/mol. The summed E-state index contributed by atoms with van der Waals surface area (Å²) in [6.07, 6.45) is 0. The van der Waals surface area contributed by atoms with Crippen molar-refractivity contribution in [3.8, 4) is 0 Å². The zero-order valence-electron chi connectivity index (χ0n) is 10.1. The molecule has 2 aromatic rings. The molecule has 0 spiro atoms. The molecule has 0 amide bonds. The Balaban J connectivity index is 2.03. The van der Waals surface area contributed by atoms with Gasteiger partial charge in [0.2, 0.25) is 5.95 Å². The number of hydrogen-bond donors (Lipinski definition) is 1. The van der Waals surface area contributed by atoms with Crippen LogP contribution in [-0.4, -0.2) is 45.8 Å². The van der Waals surface area contributed by atoms with Crippen LogP contribution in [0.15, 0.2) is 6.07 Å². The van der Waals surface area contributed by atoms with Crippen LogP contribution in [0.2, 0.25) is 0 Å². The Morgan fingerprint density at radius 2 is 1.94 bits per heavy atom. The second kappa shape index (κ2) is 3.96. The molecule has 0 atom stereocenters.